The summed E-state index contributed by atoms with van der Waals surface area (Å²) >= 11 is 0. The molecule has 3 rings (SSSR count). The summed E-state index contributed by atoms with van der Waals surface area (Å²) in [5.41, 5.74) is 1.56. The summed E-state index contributed by atoms with van der Waals surface area (Å²) in [6, 6.07) is 13.8. The van der Waals surface area contributed by atoms with Crippen LogP contribution in [0.3, 0.4) is 0 Å². The number of fused-ring (bicyclic) bond motifs is 1. The van der Waals surface area contributed by atoms with Crippen LogP contribution in [-0.4, -0.2) is 26.1 Å². The minimum Gasteiger partial charge on any atom is -0.497 e. The monoisotopic (exact) mass is 351 g/mol. The first-order chi connectivity index (χ1) is 12.6. The van der Waals surface area contributed by atoms with Crippen molar-refractivity contribution in [2.75, 3.05) is 19.5 Å². The summed E-state index contributed by atoms with van der Waals surface area (Å²) in [6.45, 7) is 0. The number of methoxy groups -OCH3 is 2. The molecule has 3 aromatic rings. The van der Waals surface area contributed by atoms with Gasteiger partial charge in [-0.2, -0.15) is 0 Å². The molecule has 1 amide bonds. The molecule has 0 saturated carbocycles. The maximum atomic E-state index is 12.1. The average Bonchev–Trinajstić information content (AvgIpc) is 3.08. The highest BCUT2D eigenvalue weighted by atomic mass is 16.5. The number of hydrogen-bond acceptors (Lipinski definition) is 5. The molecule has 26 heavy (non-hydrogen) atoms. The highest BCUT2D eigenvalue weighted by Gasteiger charge is 2.07. The number of amides is 1. The van der Waals surface area contributed by atoms with Crippen LogP contribution >= 0.6 is 0 Å². The van der Waals surface area contributed by atoms with E-state index in [1.54, 1.807) is 43.5 Å². The van der Waals surface area contributed by atoms with Gasteiger partial charge in [-0.3, -0.25) is 4.79 Å². The van der Waals surface area contributed by atoms with E-state index >= 15 is 0 Å². The van der Waals surface area contributed by atoms with E-state index in [1.807, 2.05) is 18.2 Å². The fraction of sp³-hybridized carbons (Fsp3) is 0.100. The summed E-state index contributed by atoms with van der Waals surface area (Å²) < 4.78 is 15.5. The molecule has 0 spiro atoms. The van der Waals surface area contributed by atoms with E-state index in [1.165, 1.54) is 13.2 Å². The number of benzene rings is 2. The van der Waals surface area contributed by atoms with Crippen molar-refractivity contribution >= 4 is 34.6 Å². The number of hydrogen-bond donors (Lipinski definition) is 1. The lowest BCUT2D eigenvalue weighted by Crippen LogP contribution is -2.09. The topological polar surface area (TPSA) is 77.8 Å². The van der Waals surface area contributed by atoms with E-state index in [0.717, 1.165) is 11.1 Å². The van der Waals surface area contributed by atoms with E-state index in [0.29, 0.717) is 22.6 Å². The second-order valence-corrected chi connectivity index (χ2v) is 5.45. The molecular formula is C20H17NO5. The van der Waals surface area contributed by atoms with Gasteiger partial charge >= 0.3 is 5.97 Å². The molecule has 1 aromatic heterocycles. The molecule has 0 fully saturated rings. The minimum absolute atomic E-state index is 0.343. The van der Waals surface area contributed by atoms with Crippen molar-refractivity contribution < 1.29 is 23.5 Å². The molecule has 6 heteroatoms. The highest BCUT2D eigenvalue weighted by molar-refractivity contribution is 6.02. The van der Waals surface area contributed by atoms with E-state index in [4.69, 9.17) is 9.15 Å². The van der Waals surface area contributed by atoms with Crippen LogP contribution in [0.2, 0.25) is 0 Å². The number of ether oxygens (including phenoxy) is 2. The molecule has 0 aliphatic heterocycles. The van der Waals surface area contributed by atoms with Gasteiger partial charge in [0, 0.05) is 17.1 Å². The van der Waals surface area contributed by atoms with Gasteiger partial charge in [-0.1, -0.05) is 6.07 Å². The standard InChI is InChI=1S/C20H17NO5/c1-24-16-6-8-18-14(11-16)12-17(26-18)7-9-19(22)21-15-5-3-4-13(10-15)20(23)25-2/h3-12H,1-2H3,(H,21,22). The zero-order chi connectivity index (χ0) is 18.5. The first kappa shape index (κ1) is 17.3. The molecule has 0 aliphatic carbocycles. The summed E-state index contributed by atoms with van der Waals surface area (Å²) in [5, 5.41) is 3.57. The van der Waals surface area contributed by atoms with Crippen LogP contribution in [0.1, 0.15) is 16.1 Å². The molecule has 0 unspecified atom stereocenters. The van der Waals surface area contributed by atoms with Gasteiger partial charge in [0.25, 0.3) is 0 Å². The maximum Gasteiger partial charge on any atom is 0.337 e. The van der Waals surface area contributed by atoms with Crippen LogP contribution in [0, 0.1) is 0 Å². The van der Waals surface area contributed by atoms with Crippen LogP contribution in [0.25, 0.3) is 17.0 Å². The Morgan fingerprint density at radius 2 is 1.92 bits per heavy atom. The van der Waals surface area contributed by atoms with Gasteiger partial charge in [0.1, 0.15) is 17.1 Å². The zero-order valence-corrected chi connectivity index (χ0v) is 14.3. The quantitative estimate of drug-likeness (QED) is 0.557. The van der Waals surface area contributed by atoms with E-state index in [-0.39, 0.29) is 5.91 Å². The smallest absolute Gasteiger partial charge is 0.337 e. The molecule has 1 N–H and O–H groups in total. The van der Waals surface area contributed by atoms with Crippen molar-refractivity contribution in [1.29, 1.82) is 0 Å². The molecule has 0 radical (unpaired) electrons. The molecule has 0 aliphatic rings. The molecular weight excluding hydrogens is 334 g/mol. The minimum atomic E-state index is -0.464. The van der Waals surface area contributed by atoms with Crippen LogP contribution in [0.15, 0.2) is 59.0 Å². The molecule has 1 heterocycles. The first-order valence-corrected chi connectivity index (χ1v) is 7.84. The Kier molecular flexibility index (Phi) is 5.03. The normalized spacial score (nSPS) is 10.8. The Labute approximate surface area is 150 Å². The Hall–Kier alpha value is -3.54. The Bertz CT molecular complexity index is 987. The lowest BCUT2D eigenvalue weighted by atomic mass is 10.2. The fourth-order valence-corrected chi connectivity index (χ4v) is 2.43. The van der Waals surface area contributed by atoms with Gasteiger partial charge in [-0.15, -0.1) is 0 Å². The lowest BCUT2D eigenvalue weighted by Gasteiger charge is -2.04. The number of anilines is 1. The van der Waals surface area contributed by atoms with Crippen molar-refractivity contribution in [1.82, 2.24) is 0 Å². The summed E-state index contributed by atoms with van der Waals surface area (Å²) in [4.78, 5) is 23.6. The number of esters is 1. The Morgan fingerprint density at radius 3 is 2.69 bits per heavy atom. The number of rotatable bonds is 5. The number of nitrogens with one attached hydrogen (secondary N) is 1. The Balaban J connectivity index is 1.70. The summed E-state index contributed by atoms with van der Waals surface area (Å²) in [7, 11) is 2.90. The average molecular weight is 351 g/mol. The second kappa shape index (κ2) is 7.57. The fourth-order valence-electron chi connectivity index (χ4n) is 2.43. The van der Waals surface area contributed by atoms with Gasteiger partial charge in [-0.05, 0) is 48.5 Å². The predicted octanol–water partition coefficient (Wildman–Crippen LogP) is 3.88. The van der Waals surface area contributed by atoms with Crippen LogP contribution in [0.5, 0.6) is 5.75 Å². The third-order valence-electron chi connectivity index (χ3n) is 3.69. The zero-order valence-electron chi connectivity index (χ0n) is 14.3. The maximum absolute atomic E-state index is 12.1. The number of carbonyl (C=O) groups excluding carboxylic acids is 2. The van der Waals surface area contributed by atoms with Gasteiger partial charge in [0.15, 0.2) is 0 Å². The van der Waals surface area contributed by atoms with Crippen molar-refractivity contribution in [2.45, 2.75) is 0 Å². The molecule has 132 valence electrons. The molecule has 0 bridgehead atoms. The Morgan fingerprint density at radius 1 is 1.08 bits per heavy atom. The van der Waals surface area contributed by atoms with Gasteiger partial charge < -0.3 is 19.2 Å². The van der Waals surface area contributed by atoms with E-state index in [9.17, 15) is 9.59 Å². The second-order valence-electron chi connectivity index (χ2n) is 5.45. The van der Waals surface area contributed by atoms with Gasteiger partial charge in [0.05, 0.1) is 19.8 Å². The third kappa shape index (κ3) is 3.92. The lowest BCUT2D eigenvalue weighted by molar-refractivity contribution is -0.111. The van der Waals surface area contributed by atoms with Crippen molar-refractivity contribution in [2.24, 2.45) is 0 Å². The van der Waals surface area contributed by atoms with Crippen molar-refractivity contribution in [3.8, 4) is 5.75 Å². The van der Waals surface area contributed by atoms with Crippen molar-refractivity contribution in [3.63, 3.8) is 0 Å². The van der Waals surface area contributed by atoms with Gasteiger partial charge in [-0.25, -0.2) is 4.79 Å². The molecule has 2 aromatic carbocycles. The molecule has 0 saturated heterocycles. The van der Waals surface area contributed by atoms with E-state index in [2.05, 4.69) is 10.1 Å². The van der Waals surface area contributed by atoms with Crippen molar-refractivity contribution in [3.05, 3.63) is 65.9 Å². The number of furan rings is 1. The number of carbonyl (C=O) groups is 2. The SMILES string of the molecule is COC(=O)c1cccc(NC(=O)C=Cc2cc3cc(OC)ccc3o2)c1. The van der Waals surface area contributed by atoms with Gasteiger partial charge in [0.2, 0.25) is 5.91 Å². The molecule has 0 atom stereocenters. The third-order valence-corrected chi connectivity index (χ3v) is 3.69. The van der Waals surface area contributed by atoms with Crippen LogP contribution < -0.4 is 10.1 Å². The highest BCUT2D eigenvalue weighted by Crippen LogP contribution is 2.24. The van der Waals surface area contributed by atoms with E-state index < -0.39 is 5.97 Å². The van der Waals surface area contributed by atoms with Crippen LogP contribution in [-0.2, 0) is 9.53 Å². The van der Waals surface area contributed by atoms with Crippen LogP contribution in [0.4, 0.5) is 5.69 Å². The molecule has 6 nitrogen and oxygen atoms in total. The summed E-state index contributed by atoms with van der Waals surface area (Å²) in [5.74, 6) is 0.475. The predicted molar refractivity (Wildman–Crippen MR) is 98.2 cm³/mol. The first-order valence-electron chi connectivity index (χ1n) is 7.84. The largest absolute Gasteiger partial charge is 0.497 e. The summed E-state index contributed by atoms with van der Waals surface area (Å²) in [6.07, 6.45) is 2.94.